The molecule has 1 fully saturated rings. The minimum atomic E-state index is -0.406. The van der Waals surface area contributed by atoms with Gasteiger partial charge in [-0.05, 0) is 56.1 Å². The van der Waals surface area contributed by atoms with Crippen LogP contribution in [0.25, 0.3) is 33.3 Å². The SMILES string of the molecule is Cc1ccc2c(c1)c(-c1ccccc1)c(-c1ccccc1)n2CC(O)CN1CCCCC1. The first-order valence-corrected chi connectivity index (χ1v) is 11.8. The summed E-state index contributed by atoms with van der Waals surface area (Å²) >= 11 is 0. The van der Waals surface area contributed by atoms with E-state index in [4.69, 9.17) is 0 Å². The summed E-state index contributed by atoms with van der Waals surface area (Å²) in [5.74, 6) is 0. The lowest BCUT2D eigenvalue weighted by Crippen LogP contribution is -2.38. The molecule has 5 rings (SSSR count). The summed E-state index contributed by atoms with van der Waals surface area (Å²) in [6.07, 6.45) is 3.39. The Kier molecular flexibility index (Phi) is 6.11. The minimum Gasteiger partial charge on any atom is -0.390 e. The molecule has 1 atom stereocenters. The number of piperidine rings is 1. The summed E-state index contributed by atoms with van der Waals surface area (Å²) in [6, 6.07) is 28.0. The van der Waals surface area contributed by atoms with Crippen LogP contribution in [0.2, 0.25) is 0 Å². The zero-order chi connectivity index (χ0) is 21.9. The zero-order valence-electron chi connectivity index (χ0n) is 18.9. The number of β-amino-alcohol motifs (C(OH)–C–C–N with tert-alkyl or cyclic N) is 1. The third kappa shape index (κ3) is 4.23. The van der Waals surface area contributed by atoms with Gasteiger partial charge in [0.25, 0.3) is 0 Å². The van der Waals surface area contributed by atoms with Crippen molar-refractivity contribution in [1.29, 1.82) is 0 Å². The highest BCUT2D eigenvalue weighted by Gasteiger charge is 2.23. The van der Waals surface area contributed by atoms with Crippen LogP contribution in [0.5, 0.6) is 0 Å². The largest absolute Gasteiger partial charge is 0.390 e. The maximum atomic E-state index is 11.2. The van der Waals surface area contributed by atoms with E-state index in [0.717, 1.165) is 19.6 Å². The lowest BCUT2D eigenvalue weighted by atomic mass is 9.97. The van der Waals surface area contributed by atoms with Crippen LogP contribution < -0.4 is 0 Å². The molecule has 0 saturated carbocycles. The van der Waals surface area contributed by atoms with E-state index in [0.29, 0.717) is 6.54 Å². The van der Waals surface area contributed by atoms with Gasteiger partial charge in [0, 0.05) is 23.0 Å². The molecule has 0 spiro atoms. The molecule has 1 aromatic heterocycles. The number of fused-ring (bicyclic) bond motifs is 1. The second-order valence-electron chi connectivity index (χ2n) is 9.10. The molecule has 1 saturated heterocycles. The zero-order valence-corrected chi connectivity index (χ0v) is 18.9. The van der Waals surface area contributed by atoms with E-state index in [9.17, 15) is 5.11 Å². The topological polar surface area (TPSA) is 28.4 Å². The summed E-state index contributed by atoms with van der Waals surface area (Å²) in [6.45, 7) is 5.68. The normalized spacial score (nSPS) is 15.8. The van der Waals surface area contributed by atoms with Gasteiger partial charge in [-0.3, -0.25) is 0 Å². The van der Waals surface area contributed by atoms with Gasteiger partial charge in [-0.25, -0.2) is 0 Å². The molecule has 0 amide bonds. The number of rotatable bonds is 6. The van der Waals surface area contributed by atoms with Crippen LogP contribution in [0, 0.1) is 6.92 Å². The number of likely N-dealkylation sites (tertiary alicyclic amines) is 1. The smallest absolute Gasteiger partial charge is 0.0845 e. The molecule has 0 bridgehead atoms. The molecule has 1 aliphatic heterocycles. The number of aromatic nitrogens is 1. The third-order valence-corrected chi connectivity index (χ3v) is 6.64. The fourth-order valence-electron chi connectivity index (χ4n) is 5.16. The molecule has 0 radical (unpaired) electrons. The summed E-state index contributed by atoms with van der Waals surface area (Å²) in [5.41, 5.74) is 7.28. The first-order chi connectivity index (χ1) is 15.7. The van der Waals surface area contributed by atoms with Gasteiger partial charge in [-0.2, -0.15) is 0 Å². The van der Waals surface area contributed by atoms with E-state index in [1.165, 1.54) is 58.1 Å². The van der Waals surface area contributed by atoms with Crippen LogP contribution in [0.15, 0.2) is 78.9 Å². The van der Waals surface area contributed by atoms with Gasteiger partial charge in [0.1, 0.15) is 0 Å². The van der Waals surface area contributed by atoms with Crippen LogP contribution in [-0.2, 0) is 6.54 Å². The number of benzene rings is 3. The van der Waals surface area contributed by atoms with E-state index in [2.05, 4.69) is 95.3 Å². The quantitative estimate of drug-likeness (QED) is 0.403. The van der Waals surface area contributed by atoms with E-state index in [-0.39, 0.29) is 0 Å². The lowest BCUT2D eigenvalue weighted by Gasteiger charge is -2.29. The number of aliphatic hydroxyl groups is 1. The van der Waals surface area contributed by atoms with Gasteiger partial charge in [0.05, 0.1) is 18.3 Å². The molecule has 1 aliphatic rings. The highest BCUT2D eigenvalue weighted by Crippen LogP contribution is 2.41. The highest BCUT2D eigenvalue weighted by molar-refractivity contribution is 6.04. The van der Waals surface area contributed by atoms with Crippen molar-refractivity contribution < 1.29 is 5.11 Å². The summed E-state index contributed by atoms with van der Waals surface area (Å²) in [4.78, 5) is 2.42. The Morgan fingerprint density at radius 2 is 1.44 bits per heavy atom. The van der Waals surface area contributed by atoms with Crippen molar-refractivity contribution in [2.24, 2.45) is 0 Å². The molecule has 1 N–H and O–H groups in total. The Balaban J connectivity index is 1.66. The average Bonchev–Trinajstić information content (AvgIpc) is 3.13. The Morgan fingerprint density at radius 3 is 2.12 bits per heavy atom. The van der Waals surface area contributed by atoms with Crippen LogP contribution in [0.1, 0.15) is 24.8 Å². The molecule has 0 aliphatic carbocycles. The Hall–Kier alpha value is -2.88. The number of nitrogens with zero attached hydrogens (tertiary/aromatic N) is 2. The van der Waals surface area contributed by atoms with Crippen molar-refractivity contribution in [3.8, 4) is 22.4 Å². The number of hydrogen-bond acceptors (Lipinski definition) is 2. The van der Waals surface area contributed by atoms with Gasteiger partial charge in [0.2, 0.25) is 0 Å². The van der Waals surface area contributed by atoms with E-state index in [1.54, 1.807) is 0 Å². The Bertz CT molecular complexity index is 1170. The molecule has 3 heteroatoms. The first-order valence-electron chi connectivity index (χ1n) is 11.8. The summed E-state index contributed by atoms with van der Waals surface area (Å²) in [7, 11) is 0. The van der Waals surface area contributed by atoms with E-state index < -0.39 is 6.10 Å². The third-order valence-electron chi connectivity index (χ3n) is 6.64. The molecule has 1 unspecified atom stereocenters. The van der Waals surface area contributed by atoms with E-state index in [1.807, 2.05) is 0 Å². The van der Waals surface area contributed by atoms with Crippen LogP contribution in [0.4, 0.5) is 0 Å². The maximum absolute atomic E-state index is 11.2. The van der Waals surface area contributed by atoms with Gasteiger partial charge >= 0.3 is 0 Å². The molecule has 4 aromatic rings. The van der Waals surface area contributed by atoms with Gasteiger partial charge in [-0.1, -0.05) is 78.7 Å². The van der Waals surface area contributed by atoms with Crippen LogP contribution in [0.3, 0.4) is 0 Å². The van der Waals surface area contributed by atoms with Crippen molar-refractivity contribution >= 4 is 10.9 Å². The van der Waals surface area contributed by atoms with Crippen molar-refractivity contribution in [1.82, 2.24) is 9.47 Å². The molecule has 3 nitrogen and oxygen atoms in total. The Labute approximate surface area is 190 Å². The predicted octanol–water partition coefficient (Wildman–Crippen LogP) is 6.13. The van der Waals surface area contributed by atoms with Crippen molar-refractivity contribution in [2.45, 2.75) is 38.8 Å². The van der Waals surface area contributed by atoms with Crippen LogP contribution in [-0.4, -0.2) is 40.3 Å². The number of aryl methyl sites for hydroxylation is 1. The Morgan fingerprint density at radius 1 is 0.781 bits per heavy atom. The molecule has 3 aromatic carbocycles. The highest BCUT2D eigenvalue weighted by atomic mass is 16.3. The monoisotopic (exact) mass is 424 g/mol. The number of aliphatic hydroxyl groups excluding tert-OH is 1. The molecule has 2 heterocycles. The molecule has 32 heavy (non-hydrogen) atoms. The fourth-order valence-corrected chi connectivity index (χ4v) is 5.16. The maximum Gasteiger partial charge on any atom is 0.0845 e. The van der Waals surface area contributed by atoms with Gasteiger partial charge in [-0.15, -0.1) is 0 Å². The minimum absolute atomic E-state index is 0.406. The lowest BCUT2D eigenvalue weighted by molar-refractivity contribution is 0.0896. The number of hydrogen-bond donors (Lipinski definition) is 1. The molecular formula is C29H32N2O. The van der Waals surface area contributed by atoms with Crippen molar-refractivity contribution in [3.63, 3.8) is 0 Å². The van der Waals surface area contributed by atoms with E-state index >= 15 is 0 Å². The van der Waals surface area contributed by atoms with Crippen molar-refractivity contribution in [2.75, 3.05) is 19.6 Å². The second-order valence-corrected chi connectivity index (χ2v) is 9.10. The second kappa shape index (κ2) is 9.32. The molecular weight excluding hydrogens is 392 g/mol. The standard InChI is InChI=1S/C29H32N2O/c1-22-15-16-27-26(19-22)28(23-11-5-2-6-12-23)29(24-13-7-3-8-14-24)31(27)21-25(32)20-30-17-9-4-10-18-30/h2-3,5-8,11-16,19,25,32H,4,9-10,17-18,20-21H2,1H3. The van der Waals surface area contributed by atoms with Gasteiger partial charge < -0.3 is 14.6 Å². The van der Waals surface area contributed by atoms with Gasteiger partial charge in [0.15, 0.2) is 0 Å². The van der Waals surface area contributed by atoms with Crippen LogP contribution >= 0.6 is 0 Å². The predicted molar refractivity (Wildman–Crippen MR) is 134 cm³/mol. The average molecular weight is 425 g/mol. The molecule has 164 valence electrons. The summed E-state index contributed by atoms with van der Waals surface area (Å²) < 4.78 is 2.35. The fraction of sp³-hybridized carbons (Fsp3) is 0.310. The summed E-state index contributed by atoms with van der Waals surface area (Å²) in [5, 5.41) is 12.4. The first kappa shape index (κ1) is 21.0. The van der Waals surface area contributed by atoms with Crippen molar-refractivity contribution in [3.05, 3.63) is 84.4 Å².